The number of nitrogens with zero attached hydrogens (tertiary/aromatic N) is 1. The molecular weight excluding hydrogens is 305 g/mol. The fourth-order valence-corrected chi connectivity index (χ4v) is 3.29. The van der Waals surface area contributed by atoms with Crippen molar-refractivity contribution >= 4 is 22.6 Å². The number of hydrogen-bond donors (Lipinski definition) is 2. The van der Waals surface area contributed by atoms with E-state index in [-0.39, 0.29) is 11.8 Å². The Balaban J connectivity index is 1.56. The van der Waals surface area contributed by atoms with Gasteiger partial charge in [-0.15, -0.1) is 0 Å². The Kier molecular flexibility index (Phi) is 3.49. The smallest absolute Gasteiger partial charge is 0.322 e. The summed E-state index contributed by atoms with van der Waals surface area (Å²) in [5, 5.41) is 4.05. The maximum absolute atomic E-state index is 13.4. The molecule has 1 aliphatic rings. The molecule has 2 aromatic carbocycles. The highest BCUT2D eigenvalue weighted by molar-refractivity contribution is 5.91. The standard InChI is InChI=1S/C19H18FN3O/c1-12-6-7-13(20)10-17(12)22-19(24)23-9-8-15-14-4-2-3-5-16(14)21-18(15)11-23/h2-7,10,21H,8-9,11H2,1H3,(H,22,24). The fourth-order valence-electron chi connectivity index (χ4n) is 3.29. The second-order valence-corrected chi connectivity index (χ2v) is 6.19. The molecule has 2 amide bonds. The summed E-state index contributed by atoms with van der Waals surface area (Å²) in [6.45, 7) is 3.03. The third kappa shape index (κ3) is 2.52. The molecule has 1 aromatic heterocycles. The summed E-state index contributed by atoms with van der Waals surface area (Å²) in [6.07, 6.45) is 0.814. The van der Waals surface area contributed by atoms with Gasteiger partial charge in [0.05, 0.1) is 6.54 Å². The van der Waals surface area contributed by atoms with Crippen molar-refractivity contribution in [2.45, 2.75) is 19.9 Å². The first-order valence-electron chi connectivity index (χ1n) is 8.02. The van der Waals surface area contributed by atoms with Crippen LogP contribution in [0, 0.1) is 12.7 Å². The molecule has 0 fully saturated rings. The van der Waals surface area contributed by atoms with Gasteiger partial charge in [-0.1, -0.05) is 24.3 Å². The van der Waals surface area contributed by atoms with Gasteiger partial charge >= 0.3 is 6.03 Å². The monoisotopic (exact) mass is 323 g/mol. The molecule has 4 rings (SSSR count). The Morgan fingerprint density at radius 1 is 1.25 bits per heavy atom. The van der Waals surface area contributed by atoms with Crippen LogP contribution in [0.4, 0.5) is 14.9 Å². The molecule has 0 bridgehead atoms. The van der Waals surface area contributed by atoms with E-state index in [0.29, 0.717) is 18.8 Å². The number of aromatic amines is 1. The number of fused-ring (bicyclic) bond motifs is 3. The summed E-state index contributed by atoms with van der Waals surface area (Å²) in [5.74, 6) is -0.354. The first-order chi connectivity index (χ1) is 11.6. The summed E-state index contributed by atoms with van der Waals surface area (Å²) >= 11 is 0. The van der Waals surface area contributed by atoms with Crippen molar-refractivity contribution < 1.29 is 9.18 Å². The molecule has 5 heteroatoms. The third-order valence-corrected chi connectivity index (χ3v) is 4.61. The lowest BCUT2D eigenvalue weighted by molar-refractivity contribution is 0.206. The Hall–Kier alpha value is -2.82. The van der Waals surface area contributed by atoms with Gasteiger partial charge in [0.25, 0.3) is 0 Å². The minimum Gasteiger partial charge on any atom is -0.357 e. The number of benzene rings is 2. The quantitative estimate of drug-likeness (QED) is 0.692. The highest BCUT2D eigenvalue weighted by Crippen LogP contribution is 2.28. The molecule has 2 heterocycles. The SMILES string of the molecule is Cc1ccc(F)cc1NC(=O)N1CCc2c([nH]c3ccccc23)C1. The van der Waals surface area contributed by atoms with Crippen molar-refractivity contribution in [1.29, 1.82) is 0 Å². The number of para-hydroxylation sites is 1. The molecule has 0 atom stereocenters. The van der Waals surface area contributed by atoms with E-state index < -0.39 is 0 Å². The molecule has 2 N–H and O–H groups in total. The van der Waals surface area contributed by atoms with Gasteiger partial charge in [0.2, 0.25) is 0 Å². The second-order valence-electron chi connectivity index (χ2n) is 6.19. The largest absolute Gasteiger partial charge is 0.357 e. The highest BCUT2D eigenvalue weighted by atomic mass is 19.1. The number of rotatable bonds is 1. The van der Waals surface area contributed by atoms with Gasteiger partial charge in [0, 0.05) is 28.8 Å². The van der Waals surface area contributed by atoms with Gasteiger partial charge in [-0.05, 0) is 42.7 Å². The van der Waals surface area contributed by atoms with Crippen LogP contribution in [0.25, 0.3) is 10.9 Å². The number of H-pyrrole nitrogens is 1. The van der Waals surface area contributed by atoms with Crippen molar-refractivity contribution in [2.24, 2.45) is 0 Å². The summed E-state index contributed by atoms with van der Waals surface area (Å²) in [5.41, 5.74) is 4.83. The molecule has 122 valence electrons. The molecule has 0 unspecified atom stereocenters. The lowest BCUT2D eigenvalue weighted by atomic mass is 10.0. The first kappa shape index (κ1) is 14.8. The minimum absolute atomic E-state index is 0.201. The van der Waals surface area contributed by atoms with Gasteiger partial charge in [0.15, 0.2) is 0 Å². The van der Waals surface area contributed by atoms with E-state index in [1.165, 1.54) is 23.1 Å². The predicted octanol–water partition coefficient (Wildman–Crippen LogP) is 4.21. The molecule has 0 aliphatic carbocycles. The number of aromatic nitrogens is 1. The minimum atomic E-state index is -0.354. The number of hydrogen-bond acceptors (Lipinski definition) is 1. The molecule has 1 aliphatic heterocycles. The van der Waals surface area contributed by atoms with Crippen molar-refractivity contribution in [1.82, 2.24) is 9.88 Å². The first-order valence-corrected chi connectivity index (χ1v) is 8.02. The van der Waals surface area contributed by atoms with E-state index in [9.17, 15) is 9.18 Å². The van der Waals surface area contributed by atoms with Crippen LogP contribution in [0.3, 0.4) is 0 Å². The summed E-state index contributed by atoms with van der Waals surface area (Å²) in [6, 6.07) is 12.4. The van der Waals surface area contributed by atoms with Crippen LogP contribution in [-0.4, -0.2) is 22.5 Å². The Labute approximate surface area is 139 Å². The molecule has 0 radical (unpaired) electrons. The maximum atomic E-state index is 13.4. The topological polar surface area (TPSA) is 48.1 Å². The lowest BCUT2D eigenvalue weighted by Gasteiger charge is -2.27. The number of urea groups is 1. The van der Waals surface area contributed by atoms with Gasteiger partial charge < -0.3 is 15.2 Å². The van der Waals surface area contributed by atoms with Crippen molar-refractivity contribution in [3.63, 3.8) is 0 Å². The van der Waals surface area contributed by atoms with Crippen LogP contribution in [0.1, 0.15) is 16.8 Å². The molecule has 0 saturated carbocycles. The molecule has 3 aromatic rings. The van der Waals surface area contributed by atoms with E-state index >= 15 is 0 Å². The Bertz CT molecular complexity index is 932. The lowest BCUT2D eigenvalue weighted by Crippen LogP contribution is -2.39. The van der Waals surface area contributed by atoms with Gasteiger partial charge in [-0.2, -0.15) is 0 Å². The maximum Gasteiger partial charge on any atom is 0.322 e. The molecule has 24 heavy (non-hydrogen) atoms. The zero-order valence-electron chi connectivity index (χ0n) is 13.4. The molecule has 0 spiro atoms. The zero-order valence-corrected chi connectivity index (χ0v) is 13.4. The van der Waals surface area contributed by atoms with Crippen molar-refractivity contribution in [2.75, 3.05) is 11.9 Å². The van der Waals surface area contributed by atoms with Gasteiger partial charge in [-0.3, -0.25) is 0 Å². The second kappa shape index (κ2) is 5.67. The summed E-state index contributed by atoms with van der Waals surface area (Å²) < 4.78 is 13.4. The number of aryl methyl sites for hydroxylation is 1. The number of amides is 2. The van der Waals surface area contributed by atoms with Crippen molar-refractivity contribution in [3.05, 3.63) is 65.1 Å². The molecular formula is C19H18FN3O. The highest BCUT2D eigenvalue weighted by Gasteiger charge is 2.24. The number of carbonyl (C=O) groups excluding carboxylic acids is 1. The third-order valence-electron chi connectivity index (χ3n) is 4.61. The van der Waals surface area contributed by atoms with Crippen LogP contribution >= 0.6 is 0 Å². The van der Waals surface area contributed by atoms with E-state index in [1.54, 1.807) is 11.0 Å². The normalized spacial score (nSPS) is 13.8. The predicted molar refractivity (Wildman–Crippen MR) is 92.6 cm³/mol. The van der Waals surface area contributed by atoms with E-state index in [2.05, 4.69) is 16.4 Å². The van der Waals surface area contributed by atoms with Crippen LogP contribution in [0.2, 0.25) is 0 Å². The van der Waals surface area contributed by atoms with Crippen LogP contribution < -0.4 is 5.32 Å². The van der Waals surface area contributed by atoms with E-state index in [4.69, 9.17) is 0 Å². The molecule has 0 saturated heterocycles. The number of carbonyl (C=O) groups is 1. The number of nitrogens with one attached hydrogen (secondary N) is 2. The van der Waals surface area contributed by atoms with E-state index in [0.717, 1.165) is 23.2 Å². The van der Waals surface area contributed by atoms with Crippen molar-refractivity contribution in [3.8, 4) is 0 Å². The average molecular weight is 323 g/mol. The summed E-state index contributed by atoms with van der Waals surface area (Å²) in [7, 11) is 0. The average Bonchev–Trinajstić information content (AvgIpc) is 2.95. The number of anilines is 1. The van der Waals surface area contributed by atoms with Crippen LogP contribution in [-0.2, 0) is 13.0 Å². The van der Waals surface area contributed by atoms with E-state index in [1.807, 2.05) is 25.1 Å². The zero-order chi connectivity index (χ0) is 16.7. The van der Waals surface area contributed by atoms with Gasteiger partial charge in [0.1, 0.15) is 5.82 Å². The Morgan fingerprint density at radius 3 is 2.96 bits per heavy atom. The van der Waals surface area contributed by atoms with Crippen LogP contribution in [0.5, 0.6) is 0 Å². The van der Waals surface area contributed by atoms with Crippen LogP contribution in [0.15, 0.2) is 42.5 Å². The number of halogens is 1. The molecule has 4 nitrogen and oxygen atoms in total. The fraction of sp³-hybridized carbons (Fsp3) is 0.211. The Morgan fingerprint density at radius 2 is 2.08 bits per heavy atom. The van der Waals surface area contributed by atoms with Gasteiger partial charge in [-0.25, -0.2) is 9.18 Å². The summed E-state index contributed by atoms with van der Waals surface area (Å²) in [4.78, 5) is 17.7.